The van der Waals surface area contributed by atoms with E-state index >= 15 is 0 Å². The predicted octanol–water partition coefficient (Wildman–Crippen LogP) is 2.77. The third kappa shape index (κ3) is 3.04. The zero-order chi connectivity index (χ0) is 11.9. The summed E-state index contributed by atoms with van der Waals surface area (Å²) in [6.07, 6.45) is 3.56. The Morgan fingerprint density at radius 3 is 2.53 bits per heavy atom. The summed E-state index contributed by atoms with van der Waals surface area (Å²) in [7, 11) is 1.66. The first-order chi connectivity index (χ1) is 8.42. The maximum absolute atomic E-state index is 5.69. The first-order valence-corrected chi connectivity index (χ1v) is 5.53. The highest BCUT2D eigenvalue weighted by molar-refractivity contribution is 5.69. The molecule has 0 radical (unpaired) electrons. The third-order valence-electron chi connectivity index (χ3n) is 2.42. The second kappa shape index (κ2) is 6.01. The highest BCUT2D eigenvalue weighted by Gasteiger charge is 2.04. The van der Waals surface area contributed by atoms with E-state index in [9.17, 15) is 0 Å². The van der Waals surface area contributed by atoms with E-state index in [0.29, 0.717) is 13.2 Å². The molecule has 0 fully saturated rings. The average Bonchev–Trinajstić information content (AvgIpc) is 2.41. The summed E-state index contributed by atoms with van der Waals surface area (Å²) in [5.41, 5.74) is 2.18. The Morgan fingerprint density at radius 2 is 1.76 bits per heavy atom. The fourth-order valence-corrected chi connectivity index (χ4v) is 1.60. The highest BCUT2D eigenvalue weighted by Crippen LogP contribution is 2.28. The molecule has 0 aliphatic rings. The minimum atomic E-state index is 0.554. The highest BCUT2D eigenvalue weighted by atomic mass is 16.5. The van der Waals surface area contributed by atoms with Crippen LogP contribution in [0.3, 0.4) is 0 Å². The fraction of sp³-hybridized carbons (Fsp3) is 0.214. The minimum absolute atomic E-state index is 0.554. The van der Waals surface area contributed by atoms with Crippen LogP contribution >= 0.6 is 0 Å². The normalized spacial score (nSPS) is 10.2. The number of rotatable bonds is 5. The standard InChI is InChI=1S/C14H15NO2/c1-16-10-11-17-14-5-3-2-4-13(14)12-6-8-15-9-7-12/h2-9H,10-11H2,1H3. The molecule has 0 amide bonds. The van der Waals surface area contributed by atoms with Gasteiger partial charge in [-0.25, -0.2) is 0 Å². The van der Waals surface area contributed by atoms with Gasteiger partial charge in [-0.2, -0.15) is 0 Å². The number of pyridine rings is 1. The van der Waals surface area contributed by atoms with Crippen molar-refractivity contribution in [2.75, 3.05) is 20.3 Å². The second-order valence-electron chi connectivity index (χ2n) is 3.57. The lowest BCUT2D eigenvalue weighted by Crippen LogP contribution is -2.04. The Hall–Kier alpha value is -1.87. The summed E-state index contributed by atoms with van der Waals surface area (Å²) in [5, 5.41) is 0. The molecule has 88 valence electrons. The molecule has 3 heteroatoms. The summed E-state index contributed by atoms with van der Waals surface area (Å²) in [4.78, 5) is 4.02. The van der Waals surface area contributed by atoms with Crippen molar-refractivity contribution in [2.45, 2.75) is 0 Å². The van der Waals surface area contributed by atoms with Crippen LogP contribution in [0.4, 0.5) is 0 Å². The van der Waals surface area contributed by atoms with E-state index in [4.69, 9.17) is 9.47 Å². The quantitative estimate of drug-likeness (QED) is 0.739. The van der Waals surface area contributed by atoms with Gasteiger partial charge in [0.1, 0.15) is 12.4 Å². The van der Waals surface area contributed by atoms with Crippen molar-refractivity contribution in [3.05, 3.63) is 48.8 Å². The lowest BCUT2D eigenvalue weighted by Gasteiger charge is -2.10. The number of methoxy groups -OCH3 is 1. The largest absolute Gasteiger partial charge is 0.491 e. The summed E-state index contributed by atoms with van der Waals surface area (Å²) in [5.74, 6) is 0.871. The molecular formula is C14H15NO2. The molecule has 1 aromatic heterocycles. The van der Waals surface area contributed by atoms with Gasteiger partial charge in [-0.3, -0.25) is 4.98 Å². The number of aromatic nitrogens is 1. The molecule has 0 aliphatic heterocycles. The van der Waals surface area contributed by atoms with Crippen molar-refractivity contribution < 1.29 is 9.47 Å². The van der Waals surface area contributed by atoms with Gasteiger partial charge in [0.15, 0.2) is 0 Å². The summed E-state index contributed by atoms with van der Waals surface area (Å²) >= 11 is 0. The number of hydrogen-bond acceptors (Lipinski definition) is 3. The van der Waals surface area contributed by atoms with Crippen LogP contribution in [-0.4, -0.2) is 25.3 Å². The van der Waals surface area contributed by atoms with Gasteiger partial charge in [0.05, 0.1) is 6.61 Å². The van der Waals surface area contributed by atoms with Gasteiger partial charge in [-0.05, 0) is 23.8 Å². The van der Waals surface area contributed by atoms with Crippen LogP contribution in [0.15, 0.2) is 48.8 Å². The Morgan fingerprint density at radius 1 is 1.00 bits per heavy atom. The summed E-state index contributed by atoms with van der Waals surface area (Å²) in [6.45, 7) is 1.14. The maximum atomic E-state index is 5.69. The van der Waals surface area contributed by atoms with Gasteiger partial charge in [0, 0.05) is 25.1 Å². The van der Waals surface area contributed by atoms with E-state index in [2.05, 4.69) is 4.98 Å². The van der Waals surface area contributed by atoms with Gasteiger partial charge >= 0.3 is 0 Å². The number of hydrogen-bond donors (Lipinski definition) is 0. The SMILES string of the molecule is COCCOc1ccccc1-c1ccncc1. The zero-order valence-corrected chi connectivity index (χ0v) is 9.80. The monoisotopic (exact) mass is 229 g/mol. The van der Waals surface area contributed by atoms with E-state index in [1.165, 1.54) is 0 Å². The molecule has 1 aromatic carbocycles. The first-order valence-electron chi connectivity index (χ1n) is 5.53. The van der Waals surface area contributed by atoms with Crippen LogP contribution in [0.1, 0.15) is 0 Å². The first kappa shape index (κ1) is 11.6. The Balaban J connectivity index is 2.22. The Labute approximate surface area is 101 Å². The molecule has 2 aromatic rings. The lowest BCUT2D eigenvalue weighted by atomic mass is 10.1. The Kier molecular flexibility index (Phi) is 4.11. The van der Waals surface area contributed by atoms with Gasteiger partial charge in [0.2, 0.25) is 0 Å². The van der Waals surface area contributed by atoms with Crippen molar-refractivity contribution in [3.8, 4) is 16.9 Å². The predicted molar refractivity (Wildman–Crippen MR) is 67.0 cm³/mol. The summed E-state index contributed by atoms with van der Waals surface area (Å²) < 4.78 is 10.7. The average molecular weight is 229 g/mol. The molecular weight excluding hydrogens is 214 g/mol. The number of ether oxygens (including phenoxy) is 2. The third-order valence-corrected chi connectivity index (χ3v) is 2.42. The molecule has 0 N–H and O–H groups in total. The van der Waals surface area contributed by atoms with Gasteiger partial charge < -0.3 is 9.47 Å². The van der Waals surface area contributed by atoms with E-state index in [0.717, 1.165) is 16.9 Å². The Bertz CT molecular complexity index is 457. The van der Waals surface area contributed by atoms with Crippen molar-refractivity contribution in [1.29, 1.82) is 0 Å². The molecule has 17 heavy (non-hydrogen) atoms. The molecule has 0 bridgehead atoms. The van der Waals surface area contributed by atoms with E-state index in [1.54, 1.807) is 19.5 Å². The molecule has 0 aliphatic carbocycles. The molecule has 1 heterocycles. The van der Waals surface area contributed by atoms with Crippen molar-refractivity contribution in [1.82, 2.24) is 4.98 Å². The van der Waals surface area contributed by atoms with Crippen LogP contribution in [-0.2, 0) is 4.74 Å². The zero-order valence-electron chi connectivity index (χ0n) is 9.80. The van der Waals surface area contributed by atoms with Crippen LogP contribution in [0, 0.1) is 0 Å². The molecule has 0 saturated heterocycles. The lowest BCUT2D eigenvalue weighted by molar-refractivity contribution is 0.146. The molecule has 2 rings (SSSR count). The van der Waals surface area contributed by atoms with Crippen LogP contribution in [0.2, 0.25) is 0 Å². The van der Waals surface area contributed by atoms with Crippen LogP contribution < -0.4 is 4.74 Å². The van der Waals surface area contributed by atoms with E-state index < -0.39 is 0 Å². The van der Waals surface area contributed by atoms with Crippen molar-refractivity contribution in [2.24, 2.45) is 0 Å². The molecule has 0 spiro atoms. The smallest absolute Gasteiger partial charge is 0.127 e. The number of para-hydroxylation sites is 1. The second-order valence-corrected chi connectivity index (χ2v) is 3.57. The number of nitrogens with zero attached hydrogens (tertiary/aromatic N) is 1. The van der Waals surface area contributed by atoms with E-state index in [1.807, 2.05) is 36.4 Å². The fourth-order valence-electron chi connectivity index (χ4n) is 1.60. The maximum Gasteiger partial charge on any atom is 0.127 e. The van der Waals surface area contributed by atoms with Crippen LogP contribution in [0.5, 0.6) is 5.75 Å². The summed E-state index contributed by atoms with van der Waals surface area (Å²) in [6, 6.07) is 11.9. The van der Waals surface area contributed by atoms with Gasteiger partial charge in [-0.15, -0.1) is 0 Å². The van der Waals surface area contributed by atoms with E-state index in [-0.39, 0.29) is 0 Å². The molecule has 3 nitrogen and oxygen atoms in total. The topological polar surface area (TPSA) is 31.4 Å². The molecule has 0 unspecified atom stereocenters. The van der Waals surface area contributed by atoms with Crippen molar-refractivity contribution >= 4 is 0 Å². The molecule has 0 saturated carbocycles. The van der Waals surface area contributed by atoms with Crippen LogP contribution in [0.25, 0.3) is 11.1 Å². The van der Waals surface area contributed by atoms with Gasteiger partial charge in [0.25, 0.3) is 0 Å². The number of benzene rings is 1. The van der Waals surface area contributed by atoms with Gasteiger partial charge in [-0.1, -0.05) is 18.2 Å². The van der Waals surface area contributed by atoms with Crippen molar-refractivity contribution in [3.63, 3.8) is 0 Å². The molecule has 0 atom stereocenters. The minimum Gasteiger partial charge on any atom is -0.491 e.